The Labute approximate surface area is 166 Å². The van der Waals surface area contributed by atoms with Crippen molar-refractivity contribution in [2.75, 3.05) is 13.1 Å². The van der Waals surface area contributed by atoms with Gasteiger partial charge in [0.2, 0.25) is 0 Å². The molecule has 1 atom stereocenters. The van der Waals surface area contributed by atoms with Gasteiger partial charge in [-0.3, -0.25) is 9.71 Å². The maximum Gasteiger partial charge on any atom is 0.416 e. The molecule has 0 amide bonds. The molecule has 0 bridgehead atoms. The zero-order valence-corrected chi connectivity index (χ0v) is 16.3. The molecule has 0 aliphatic heterocycles. The third-order valence-corrected chi connectivity index (χ3v) is 5.32. The normalized spacial score (nSPS) is 13.0. The summed E-state index contributed by atoms with van der Waals surface area (Å²) in [5, 5.41) is 5.61. The SMILES string of the molecule is C[C@H](CNCCc1ccc(C(F)(F)F)cc1)NSc1ccc2cnccc2c1. The highest BCUT2D eigenvalue weighted by molar-refractivity contribution is 7.97. The molecule has 0 spiro atoms. The second-order valence-corrected chi connectivity index (χ2v) is 7.57. The van der Waals surface area contributed by atoms with Gasteiger partial charge in [0.15, 0.2) is 0 Å². The number of aromatic nitrogens is 1. The molecule has 7 heteroatoms. The molecule has 148 valence electrons. The van der Waals surface area contributed by atoms with Crippen molar-refractivity contribution in [3.8, 4) is 0 Å². The van der Waals surface area contributed by atoms with Crippen LogP contribution in [0.5, 0.6) is 0 Å². The fourth-order valence-electron chi connectivity index (χ4n) is 2.75. The number of pyridine rings is 1. The highest BCUT2D eigenvalue weighted by atomic mass is 32.2. The smallest absolute Gasteiger partial charge is 0.315 e. The first kappa shape index (κ1) is 20.6. The Kier molecular flexibility index (Phi) is 6.93. The summed E-state index contributed by atoms with van der Waals surface area (Å²) in [6.45, 7) is 3.57. The quantitative estimate of drug-likeness (QED) is 0.405. The molecule has 0 aliphatic rings. The zero-order valence-electron chi connectivity index (χ0n) is 15.5. The Morgan fingerprint density at radius 3 is 2.57 bits per heavy atom. The second-order valence-electron chi connectivity index (χ2n) is 6.65. The lowest BCUT2D eigenvalue weighted by Crippen LogP contribution is -2.33. The second kappa shape index (κ2) is 9.41. The summed E-state index contributed by atoms with van der Waals surface area (Å²) >= 11 is 1.58. The van der Waals surface area contributed by atoms with Gasteiger partial charge < -0.3 is 5.32 Å². The van der Waals surface area contributed by atoms with Crippen molar-refractivity contribution in [1.82, 2.24) is 15.0 Å². The average Bonchev–Trinajstić information content (AvgIpc) is 2.69. The van der Waals surface area contributed by atoms with Crippen LogP contribution in [0.2, 0.25) is 0 Å². The fourth-order valence-corrected chi connectivity index (χ4v) is 3.49. The van der Waals surface area contributed by atoms with E-state index in [9.17, 15) is 13.2 Å². The third-order valence-electron chi connectivity index (χ3n) is 4.31. The van der Waals surface area contributed by atoms with Crippen LogP contribution < -0.4 is 10.0 Å². The fraction of sp³-hybridized carbons (Fsp3) is 0.286. The van der Waals surface area contributed by atoms with Crippen molar-refractivity contribution in [3.05, 3.63) is 72.1 Å². The summed E-state index contributed by atoms with van der Waals surface area (Å²) in [6.07, 6.45) is 0.0437. The van der Waals surface area contributed by atoms with E-state index in [0.29, 0.717) is 13.0 Å². The Balaban J connectivity index is 1.37. The van der Waals surface area contributed by atoms with Gasteiger partial charge in [0.25, 0.3) is 0 Å². The van der Waals surface area contributed by atoms with Crippen LogP contribution >= 0.6 is 11.9 Å². The molecule has 0 aliphatic carbocycles. The number of nitrogens with zero attached hydrogens (tertiary/aromatic N) is 1. The third kappa shape index (κ3) is 5.95. The predicted molar refractivity (Wildman–Crippen MR) is 108 cm³/mol. The molecule has 1 heterocycles. The van der Waals surface area contributed by atoms with Crippen LogP contribution in [0.1, 0.15) is 18.1 Å². The molecule has 0 unspecified atom stereocenters. The maximum atomic E-state index is 12.6. The molecule has 28 heavy (non-hydrogen) atoms. The first-order valence-corrected chi connectivity index (χ1v) is 9.86. The zero-order chi connectivity index (χ0) is 20.0. The van der Waals surface area contributed by atoms with Crippen molar-refractivity contribution in [2.45, 2.75) is 30.5 Å². The van der Waals surface area contributed by atoms with E-state index in [1.165, 1.54) is 12.1 Å². The molecule has 0 saturated carbocycles. The molecule has 3 aromatic rings. The minimum absolute atomic E-state index is 0.241. The monoisotopic (exact) mass is 405 g/mol. The van der Waals surface area contributed by atoms with E-state index in [4.69, 9.17) is 0 Å². The topological polar surface area (TPSA) is 37.0 Å². The molecular formula is C21H22F3N3S. The van der Waals surface area contributed by atoms with E-state index in [1.807, 2.05) is 12.3 Å². The minimum Gasteiger partial charge on any atom is -0.315 e. The Hall–Kier alpha value is -2.09. The highest BCUT2D eigenvalue weighted by Gasteiger charge is 2.29. The van der Waals surface area contributed by atoms with E-state index in [0.717, 1.165) is 39.9 Å². The Bertz CT molecular complexity index is 897. The lowest BCUT2D eigenvalue weighted by molar-refractivity contribution is -0.137. The number of hydrogen-bond donors (Lipinski definition) is 2. The van der Waals surface area contributed by atoms with Crippen LogP contribution in [0, 0.1) is 0 Å². The summed E-state index contributed by atoms with van der Waals surface area (Å²) in [7, 11) is 0. The highest BCUT2D eigenvalue weighted by Crippen LogP contribution is 2.29. The number of fused-ring (bicyclic) bond motifs is 1. The lowest BCUT2D eigenvalue weighted by atomic mass is 10.1. The van der Waals surface area contributed by atoms with Gasteiger partial charge in [0.05, 0.1) is 5.56 Å². The van der Waals surface area contributed by atoms with Crippen molar-refractivity contribution < 1.29 is 13.2 Å². The van der Waals surface area contributed by atoms with E-state index in [2.05, 4.69) is 40.1 Å². The molecule has 2 aromatic carbocycles. The minimum atomic E-state index is -4.28. The van der Waals surface area contributed by atoms with Gasteiger partial charge >= 0.3 is 6.18 Å². The van der Waals surface area contributed by atoms with Gasteiger partial charge in [0.1, 0.15) is 0 Å². The Morgan fingerprint density at radius 1 is 1.04 bits per heavy atom. The molecular weight excluding hydrogens is 383 g/mol. The molecule has 3 nitrogen and oxygen atoms in total. The molecule has 0 radical (unpaired) electrons. The van der Waals surface area contributed by atoms with Gasteiger partial charge in [-0.05, 0) is 73.1 Å². The molecule has 0 saturated heterocycles. The molecule has 3 rings (SSSR count). The van der Waals surface area contributed by atoms with Crippen molar-refractivity contribution in [1.29, 1.82) is 0 Å². The van der Waals surface area contributed by atoms with Crippen molar-refractivity contribution >= 4 is 22.7 Å². The number of hydrogen-bond acceptors (Lipinski definition) is 4. The van der Waals surface area contributed by atoms with Gasteiger partial charge in [-0.2, -0.15) is 13.2 Å². The number of rotatable bonds is 8. The van der Waals surface area contributed by atoms with Crippen LogP contribution in [-0.4, -0.2) is 24.1 Å². The summed E-state index contributed by atoms with van der Waals surface area (Å²) in [4.78, 5) is 5.25. The van der Waals surface area contributed by atoms with E-state index >= 15 is 0 Å². The van der Waals surface area contributed by atoms with E-state index in [-0.39, 0.29) is 6.04 Å². The first-order valence-electron chi connectivity index (χ1n) is 9.05. The number of halogens is 3. The predicted octanol–water partition coefficient (Wildman–Crippen LogP) is 5.07. The summed E-state index contributed by atoms with van der Waals surface area (Å²) < 4.78 is 41.1. The summed E-state index contributed by atoms with van der Waals surface area (Å²) in [5.74, 6) is 0. The van der Waals surface area contributed by atoms with Crippen LogP contribution in [-0.2, 0) is 12.6 Å². The largest absolute Gasteiger partial charge is 0.416 e. The summed E-state index contributed by atoms with van der Waals surface area (Å²) in [5.41, 5.74) is 0.283. The molecule has 0 fully saturated rings. The standard InChI is InChI=1S/C21H22F3N3S/c1-15(27-28-20-7-4-18-14-26-11-9-17(18)12-20)13-25-10-8-16-2-5-19(6-3-16)21(22,23)24/h2-7,9,11-12,14-15,25,27H,8,10,13H2,1H3/t15-/m1/s1. The number of benzene rings is 2. The van der Waals surface area contributed by atoms with Gasteiger partial charge in [-0.15, -0.1) is 0 Å². The van der Waals surface area contributed by atoms with Crippen LogP contribution in [0.4, 0.5) is 13.2 Å². The number of alkyl halides is 3. The van der Waals surface area contributed by atoms with Crippen LogP contribution in [0.3, 0.4) is 0 Å². The van der Waals surface area contributed by atoms with E-state index < -0.39 is 11.7 Å². The van der Waals surface area contributed by atoms with Crippen molar-refractivity contribution in [3.63, 3.8) is 0 Å². The maximum absolute atomic E-state index is 12.6. The molecule has 2 N–H and O–H groups in total. The van der Waals surface area contributed by atoms with Crippen LogP contribution in [0.15, 0.2) is 65.8 Å². The van der Waals surface area contributed by atoms with Crippen molar-refractivity contribution in [2.24, 2.45) is 0 Å². The van der Waals surface area contributed by atoms with Crippen LogP contribution in [0.25, 0.3) is 10.8 Å². The van der Waals surface area contributed by atoms with E-state index in [1.54, 1.807) is 18.1 Å². The average molecular weight is 405 g/mol. The summed E-state index contributed by atoms with van der Waals surface area (Å²) in [6, 6.07) is 13.8. The number of nitrogens with one attached hydrogen (secondary N) is 2. The van der Waals surface area contributed by atoms with Gasteiger partial charge in [0, 0.05) is 35.3 Å². The Morgan fingerprint density at radius 2 is 1.82 bits per heavy atom. The molecule has 1 aromatic heterocycles. The van der Waals surface area contributed by atoms with Gasteiger partial charge in [-0.25, -0.2) is 0 Å². The first-order chi connectivity index (χ1) is 13.4. The van der Waals surface area contributed by atoms with Gasteiger partial charge in [-0.1, -0.05) is 18.2 Å². The lowest BCUT2D eigenvalue weighted by Gasteiger charge is -2.14.